The highest BCUT2D eigenvalue weighted by atomic mass is 32.1. The first-order chi connectivity index (χ1) is 14.0. The molecule has 2 fully saturated rings. The van der Waals surface area contributed by atoms with Gasteiger partial charge < -0.3 is 24.8 Å². The van der Waals surface area contributed by atoms with Gasteiger partial charge >= 0.3 is 6.09 Å². The molecule has 0 bridgehead atoms. The van der Waals surface area contributed by atoms with E-state index in [4.69, 9.17) is 21.7 Å². The molecule has 0 spiro atoms. The molecule has 1 aromatic rings. The lowest BCUT2D eigenvalue weighted by Gasteiger charge is -2.35. The SMILES string of the molecule is COc1cc(CNC(=S)C2CCN(C(=O)O[C@@H]3CCCC[C@@H]3C)CC2)ccc1O. The summed E-state index contributed by atoms with van der Waals surface area (Å²) in [6.07, 6.45) is 6.11. The minimum atomic E-state index is -0.169. The van der Waals surface area contributed by atoms with Crippen molar-refractivity contribution in [3.05, 3.63) is 23.8 Å². The van der Waals surface area contributed by atoms with Crippen molar-refractivity contribution in [3.8, 4) is 11.5 Å². The van der Waals surface area contributed by atoms with Gasteiger partial charge in [-0.15, -0.1) is 0 Å². The van der Waals surface area contributed by atoms with Gasteiger partial charge in [-0.3, -0.25) is 0 Å². The van der Waals surface area contributed by atoms with Crippen LogP contribution in [-0.4, -0.2) is 47.4 Å². The number of nitrogens with zero attached hydrogens (tertiary/aromatic N) is 1. The third-order valence-corrected chi connectivity index (χ3v) is 6.60. The van der Waals surface area contributed by atoms with Gasteiger partial charge in [-0.2, -0.15) is 0 Å². The molecular formula is C22H32N2O4S. The van der Waals surface area contributed by atoms with Crippen LogP contribution in [0.15, 0.2) is 18.2 Å². The molecule has 160 valence electrons. The van der Waals surface area contributed by atoms with E-state index in [1.807, 2.05) is 11.0 Å². The first-order valence-electron chi connectivity index (χ1n) is 10.6. The number of hydrogen-bond donors (Lipinski definition) is 2. The molecule has 1 saturated heterocycles. The Labute approximate surface area is 178 Å². The molecular weight excluding hydrogens is 388 g/mol. The first kappa shape index (κ1) is 21.7. The summed E-state index contributed by atoms with van der Waals surface area (Å²) >= 11 is 5.58. The number of methoxy groups -OCH3 is 1. The van der Waals surface area contributed by atoms with Crippen LogP contribution < -0.4 is 10.1 Å². The number of rotatable bonds is 5. The van der Waals surface area contributed by atoms with Crippen LogP contribution in [0, 0.1) is 11.8 Å². The molecule has 6 nitrogen and oxygen atoms in total. The molecule has 1 aliphatic heterocycles. The molecule has 2 N–H and O–H groups in total. The zero-order chi connectivity index (χ0) is 20.8. The van der Waals surface area contributed by atoms with Crippen molar-refractivity contribution in [2.75, 3.05) is 20.2 Å². The maximum Gasteiger partial charge on any atom is 0.410 e. The van der Waals surface area contributed by atoms with Crippen LogP contribution in [0.1, 0.15) is 51.0 Å². The number of likely N-dealkylation sites (tertiary alicyclic amines) is 1. The van der Waals surface area contributed by atoms with Gasteiger partial charge in [-0.05, 0) is 55.7 Å². The number of nitrogens with one attached hydrogen (secondary N) is 1. The van der Waals surface area contributed by atoms with Gasteiger partial charge in [-0.1, -0.05) is 31.6 Å². The fourth-order valence-electron chi connectivity index (χ4n) is 4.15. The predicted octanol–water partition coefficient (Wildman–Crippen LogP) is 4.25. The number of carbonyl (C=O) groups is 1. The number of ether oxygens (including phenoxy) is 2. The lowest BCUT2D eigenvalue weighted by atomic mass is 9.88. The lowest BCUT2D eigenvalue weighted by Crippen LogP contribution is -2.44. The van der Waals surface area contributed by atoms with E-state index in [0.29, 0.717) is 31.3 Å². The third kappa shape index (κ3) is 5.75. The number of carbonyl (C=O) groups excluding carboxylic acids is 1. The maximum absolute atomic E-state index is 12.5. The Morgan fingerprint density at radius 3 is 2.66 bits per heavy atom. The number of amides is 1. The zero-order valence-corrected chi connectivity index (χ0v) is 18.2. The van der Waals surface area contributed by atoms with Gasteiger partial charge in [0.1, 0.15) is 6.10 Å². The number of benzene rings is 1. The van der Waals surface area contributed by atoms with Crippen LogP contribution >= 0.6 is 12.2 Å². The molecule has 0 aromatic heterocycles. The summed E-state index contributed by atoms with van der Waals surface area (Å²) in [5.41, 5.74) is 0.990. The molecule has 1 aromatic carbocycles. The number of hydrogen-bond acceptors (Lipinski definition) is 5. The Morgan fingerprint density at radius 2 is 1.97 bits per heavy atom. The third-order valence-electron chi connectivity index (χ3n) is 6.12. The summed E-state index contributed by atoms with van der Waals surface area (Å²) in [5.74, 6) is 1.30. The Hall–Kier alpha value is -2.02. The first-order valence-corrected chi connectivity index (χ1v) is 11.0. The van der Waals surface area contributed by atoms with Crippen LogP contribution in [0.3, 0.4) is 0 Å². The summed E-state index contributed by atoms with van der Waals surface area (Å²) in [6.45, 7) is 4.12. The Kier molecular flexibility index (Phi) is 7.58. The van der Waals surface area contributed by atoms with Gasteiger partial charge in [0.15, 0.2) is 11.5 Å². The van der Waals surface area contributed by atoms with Crippen LogP contribution in [0.25, 0.3) is 0 Å². The van der Waals surface area contributed by atoms with Gasteiger partial charge in [0.25, 0.3) is 0 Å². The standard InChI is InChI=1S/C22H32N2O4S/c1-15-5-3-4-6-19(15)28-22(26)24-11-9-17(10-12-24)21(29)23-14-16-7-8-18(25)20(13-16)27-2/h7-8,13,15,17,19,25H,3-6,9-12,14H2,1-2H3,(H,23,29)/t15-,19+/m0/s1. The fraction of sp³-hybridized carbons (Fsp3) is 0.636. The number of phenols is 1. The average Bonchev–Trinajstić information content (AvgIpc) is 2.74. The van der Waals surface area contributed by atoms with E-state index < -0.39 is 0 Å². The lowest BCUT2D eigenvalue weighted by molar-refractivity contribution is 0.0161. The quantitative estimate of drug-likeness (QED) is 0.694. The highest BCUT2D eigenvalue weighted by Gasteiger charge is 2.30. The van der Waals surface area contributed by atoms with Gasteiger partial charge in [0, 0.05) is 25.6 Å². The van der Waals surface area contributed by atoms with E-state index in [0.717, 1.165) is 42.7 Å². The van der Waals surface area contributed by atoms with Crippen LogP contribution in [-0.2, 0) is 11.3 Å². The molecule has 1 heterocycles. The Morgan fingerprint density at radius 1 is 1.24 bits per heavy atom. The normalized spacial score (nSPS) is 22.8. The molecule has 29 heavy (non-hydrogen) atoms. The van der Waals surface area contributed by atoms with Crippen molar-refractivity contribution in [3.63, 3.8) is 0 Å². The molecule has 0 unspecified atom stereocenters. The van der Waals surface area contributed by atoms with Crippen molar-refractivity contribution in [2.45, 2.75) is 58.1 Å². The molecule has 1 aliphatic carbocycles. The van der Waals surface area contributed by atoms with E-state index in [1.54, 1.807) is 12.1 Å². The smallest absolute Gasteiger partial charge is 0.410 e. The van der Waals surface area contributed by atoms with E-state index in [1.165, 1.54) is 13.5 Å². The second-order valence-corrected chi connectivity index (χ2v) is 8.61. The van der Waals surface area contributed by atoms with E-state index in [9.17, 15) is 9.90 Å². The monoisotopic (exact) mass is 420 g/mol. The molecule has 1 amide bonds. The zero-order valence-electron chi connectivity index (χ0n) is 17.4. The minimum absolute atomic E-state index is 0.0685. The molecule has 2 aliphatic rings. The number of piperidine rings is 1. The van der Waals surface area contributed by atoms with E-state index >= 15 is 0 Å². The number of thiocarbonyl (C=S) groups is 1. The highest BCUT2D eigenvalue weighted by Crippen LogP contribution is 2.28. The van der Waals surface area contributed by atoms with E-state index in [2.05, 4.69) is 12.2 Å². The Balaban J connectivity index is 1.42. The second kappa shape index (κ2) is 10.1. The predicted molar refractivity (Wildman–Crippen MR) is 116 cm³/mol. The topological polar surface area (TPSA) is 71.0 Å². The van der Waals surface area contributed by atoms with Gasteiger partial charge in [0.2, 0.25) is 0 Å². The summed E-state index contributed by atoms with van der Waals surface area (Å²) in [4.78, 5) is 15.2. The van der Waals surface area contributed by atoms with Crippen molar-refractivity contribution >= 4 is 23.3 Å². The van der Waals surface area contributed by atoms with Crippen LogP contribution in [0.5, 0.6) is 11.5 Å². The summed E-state index contributed by atoms with van der Waals surface area (Å²) < 4.78 is 10.9. The second-order valence-electron chi connectivity index (χ2n) is 8.17. The van der Waals surface area contributed by atoms with Crippen molar-refractivity contribution in [2.24, 2.45) is 11.8 Å². The molecule has 3 rings (SSSR count). The molecule has 0 radical (unpaired) electrons. The van der Waals surface area contributed by atoms with Crippen molar-refractivity contribution in [1.82, 2.24) is 10.2 Å². The highest BCUT2D eigenvalue weighted by molar-refractivity contribution is 7.80. The molecule has 7 heteroatoms. The van der Waals surface area contributed by atoms with Crippen LogP contribution in [0.4, 0.5) is 4.79 Å². The fourth-order valence-corrected chi connectivity index (χ4v) is 4.46. The average molecular weight is 421 g/mol. The molecule has 2 atom stereocenters. The minimum Gasteiger partial charge on any atom is -0.504 e. The summed E-state index contributed by atoms with van der Waals surface area (Å²) in [5, 5.41) is 13.0. The van der Waals surface area contributed by atoms with Gasteiger partial charge in [-0.25, -0.2) is 4.79 Å². The largest absolute Gasteiger partial charge is 0.504 e. The van der Waals surface area contributed by atoms with Crippen LogP contribution in [0.2, 0.25) is 0 Å². The summed E-state index contributed by atoms with van der Waals surface area (Å²) in [6, 6.07) is 5.27. The van der Waals surface area contributed by atoms with Crippen molar-refractivity contribution < 1.29 is 19.4 Å². The Bertz CT molecular complexity index is 719. The van der Waals surface area contributed by atoms with Crippen molar-refractivity contribution in [1.29, 1.82) is 0 Å². The van der Waals surface area contributed by atoms with E-state index in [-0.39, 0.29) is 23.9 Å². The number of phenolic OH excluding ortho intramolecular Hbond substituents is 1. The maximum atomic E-state index is 12.5. The summed E-state index contributed by atoms with van der Waals surface area (Å²) in [7, 11) is 1.53. The van der Waals surface area contributed by atoms with Gasteiger partial charge in [0.05, 0.1) is 12.1 Å². The number of aromatic hydroxyl groups is 1. The molecule has 1 saturated carbocycles.